The highest BCUT2D eigenvalue weighted by molar-refractivity contribution is 9.10. The van der Waals surface area contributed by atoms with Crippen molar-refractivity contribution >= 4 is 27.8 Å². The van der Waals surface area contributed by atoms with Crippen molar-refractivity contribution < 1.29 is 19.1 Å². The topological polar surface area (TPSA) is 57.6 Å². The van der Waals surface area contributed by atoms with Crippen LogP contribution in [0.5, 0.6) is 0 Å². The van der Waals surface area contributed by atoms with Gasteiger partial charge < -0.3 is 10.0 Å². The molecule has 1 aromatic carbocycles. The molecule has 0 bridgehead atoms. The Morgan fingerprint density at radius 2 is 2.22 bits per heavy atom. The molecule has 2 unspecified atom stereocenters. The first kappa shape index (κ1) is 13.0. The number of rotatable bonds is 2. The van der Waals surface area contributed by atoms with Crippen LogP contribution in [0.25, 0.3) is 0 Å². The van der Waals surface area contributed by atoms with Crippen LogP contribution in [0.15, 0.2) is 22.7 Å². The van der Waals surface area contributed by atoms with Crippen molar-refractivity contribution in [3.63, 3.8) is 0 Å². The number of hydrogen-bond acceptors (Lipinski definition) is 2. The molecule has 4 nitrogen and oxygen atoms in total. The number of hydrogen-bond donors (Lipinski definition) is 1. The number of likely N-dealkylation sites (tertiary alicyclic amines) is 1. The van der Waals surface area contributed by atoms with Crippen molar-refractivity contribution in [1.82, 2.24) is 4.90 Å². The van der Waals surface area contributed by atoms with Gasteiger partial charge in [-0.1, -0.05) is 22.0 Å². The number of aliphatic carboxylic acids is 1. The molecule has 2 rings (SSSR count). The van der Waals surface area contributed by atoms with Crippen molar-refractivity contribution in [3.8, 4) is 0 Å². The van der Waals surface area contributed by atoms with Gasteiger partial charge in [-0.3, -0.25) is 9.59 Å². The maximum Gasteiger partial charge on any atom is 0.309 e. The molecule has 0 aromatic heterocycles. The fraction of sp³-hybridized carbons (Fsp3) is 0.333. The van der Waals surface area contributed by atoms with Crippen molar-refractivity contribution in [2.45, 2.75) is 12.5 Å². The van der Waals surface area contributed by atoms with Gasteiger partial charge in [-0.05, 0) is 12.1 Å². The van der Waals surface area contributed by atoms with Crippen LogP contribution in [0.1, 0.15) is 18.0 Å². The minimum absolute atomic E-state index is 0.0913. The van der Waals surface area contributed by atoms with Crippen LogP contribution in [0.3, 0.4) is 0 Å². The third kappa shape index (κ3) is 2.12. The van der Waals surface area contributed by atoms with Crippen LogP contribution in [-0.4, -0.2) is 28.9 Å². The molecule has 6 heteroatoms. The summed E-state index contributed by atoms with van der Waals surface area (Å²) in [4.78, 5) is 24.0. The Bertz CT molecular complexity index is 520. The number of carbonyl (C=O) groups is 2. The van der Waals surface area contributed by atoms with Crippen LogP contribution in [0.4, 0.5) is 4.39 Å². The van der Waals surface area contributed by atoms with Crippen LogP contribution < -0.4 is 0 Å². The van der Waals surface area contributed by atoms with Gasteiger partial charge in [0, 0.05) is 23.5 Å². The third-order valence-electron chi connectivity index (χ3n) is 3.18. The van der Waals surface area contributed by atoms with Crippen LogP contribution in [0.2, 0.25) is 0 Å². The number of carboxylic acids is 1. The van der Waals surface area contributed by atoms with Gasteiger partial charge in [0.25, 0.3) is 0 Å². The average Bonchev–Trinajstić information content (AvgIpc) is 2.57. The molecule has 0 radical (unpaired) electrons. The summed E-state index contributed by atoms with van der Waals surface area (Å²) >= 11 is 3.14. The van der Waals surface area contributed by atoms with Crippen LogP contribution in [-0.2, 0) is 9.59 Å². The third-order valence-corrected chi connectivity index (χ3v) is 3.68. The second kappa shape index (κ2) is 4.68. The summed E-state index contributed by atoms with van der Waals surface area (Å²) < 4.78 is 14.5. The van der Waals surface area contributed by atoms with Crippen molar-refractivity contribution in [1.29, 1.82) is 0 Å². The van der Waals surface area contributed by atoms with E-state index in [4.69, 9.17) is 5.11 Å². The molecule has 2 atom stereocenters. The lowest BCUT2D eigenvalue weighted by Crippen LogP contribution is -2.27. The summed E-state index contributed by atoms with van der Waals surface area (Å²) in [6, 6.07) is 3.66. The van der Waals surface area contributed by atoms with Gasteiger partial charge in [0.05, 0.1) is 12.0 Å². The number of nitrogens with zero attached hydrogens (tertiary/aromatic N) is 1. The second-order valence-electron chi connectivity index (χ2n) is 4.26. The summed E-state index contributed by atoms with van der Waals surface area (Å²) in [6.45, 7) is 0. The molecule has 0 saturated carbocycles. The molecule has 1 fully saturated rings. The van der Waals surface area contributed by atoms with E-state index < -0.39 is 23.7 Å². The first-order valence-electron chi connectivity index (χ1n) is 5.35. The highest BCUT2D eigenvalue weighted by Crippen LogP contribution is 2.38. The quantitative estimate of drug-likeness (QED) is 0.910. The Kier molecular flexibility index (Phi) is 3.38. The minimum atomic E-state index is -1.08. The molecule has 0 aliphatic carbocycles. The molecule has 1 aliphatic rings. The van der Waals surface area contributed by atoms with Gasteiger partial charge in [0.1, 0.15) is 5.82 Å². The Morgan fingerprint density at radius 3 is 2.78 bits per heavy atom. The Morgan fingerprint density at radius 1 is 1.56 bits per heavy atom. The van der Waals surface area contributed by atoms with Gasteiger partial charge in [-0.15, -0.1) is 0 Å². The lowest BCUT2D eigenvalue weighted by Gasteiger charge is -2.23. The first-order chi connectivity index (χ1) is 8.41. The Hall–Kier alpha value is -1.43. The largest absolute Gasteiger partial charge is 0.481 e. The second-order valence-corrected chi connectivity index (χ2v) is 5.18. The summed E-state index contributed by atoms with van der Waals surface area (Å²) in [5, 5.41) is 9.12. The van der Waals surface area contributed by atoms with E-state index in [1.807, 2.05) is 0 Å². The van der Waals surface area contributed by atoms with E-state index in [0.717, 1.165) is 0 Å². The number of halogens is 2. The summed E-state index contributed by atoms with van der Waals surface area (Å²) in [6.07, 6.45) is -0.0913. The maximum atomic E-state index is 13.9. The smallest absolute Gasteiger partial charge is 0.309 e. The van der Waals surface area contributed by atoms with Crippen molar-refractivity contribution in [2.75, 3.05) is 7.05 Å². The first-order valence-corrected chi connectivity index (χ1v) is 6.14. The predicted octanol–water partition coefficient (Wildman–Crippen LogP) is 2.19. The number of carbonyl (C=O) groups excluding carboxylic acids is 1. The SMILES string of the molecule is CN1C(=O)CC(C(=O)O)C1c1ccc(Br)cc1F. The molecule has 1 amide bonds. The van der Waals surface area contributed by atoms with Crippen molar-refractivity contribution in [2.24, 2.45) is 5.92 Å². The van der Waals surface area contributed by atoms with E-state index >= 15 is 0 Å². The van der Waals surface area contributed by atoms with Gasteiger partial charge in [0.2, 0.25) is 5.91 Å². The molecular weight excluding hydrogens is 305 g/mol. The predicted molar refractivity (Wildman–Crippen MR) is 65.4 cm³/mol. The van der Waals surface area contributed by atoms with E-state index in [1.54, 1.807) is 6.07 Å². The van der Waals surface area contributed by atoms with Crippen molar-refractivity contribution in [3.05, 3.63) is 34.1 Å². The van der Waals surface area contributed by atoms with Crippen LogP contribution in [0, 0.1) is 11.7 Å². The zero-order valence-corrected chi connectivity index (χ0v) is 11.1. The Labute approximate surface area is 112 Å². The number of carboxylic acid groups (broad SMARTS) is 1. The van der Waals surface area contributed by atoms with E-state index in [-0.39, 0.29) is 17.9 Å². The van der Waals surface area contributed by atoms with Gasteiger partial charge in [-0.25, -0.2) is 4.39 Å². The molecule has 1 heterocycles. The molecule has 96 valence electrons. The molecule has 1 N–H and O–H groups in total. The standard InChI is InChI=1S/C12H11BrFNO3/c1-15-10(16)5-8(12(17)18)11(15)7-3-2-6(13)4-9(7)14/h2-4,8,11H,5H2,1H3,(H,17,18). The van der Waals surface area contributed by atoms with Gasteiger partial charge in [0.15, 0.2) is 0 Å². The highest BCUT2D eigenvalue weighted by Gasteiger charge is 2.43. The molecular formula is C12H11BrFNO3. The summed E-state index contributed by atoms with van der Waals surface area (Å²) in [7, 11) is 1.50. The summed E-state index contributed by atoms with van der Waals surface area (Å²) in [5.74, 6) is -2.78. The zero-order valence-electron chi connectivity index (χ0n) is 9.56. The lowest BCUT2D eigenvalue weighted by molar-refractivity contribution is -0.142. The highest BCUT2D eigenvalue weighted by atomic mass is 79.9. The zero-order chi connectivity index (χ0) is 13.4. The average molecular weight is 316 g/mol. The normalized spacial score (nSPS) is 23.5. The number of benzene rings is 1. The fourth-order valence-corrected chi connectivity index (χ4v) is 2.59. The van der Waals surface area contributed by atoms with E-state index in [2.05, 4.69) is 15.9 Å². The molecule has 1 aliphatic heterocycles. The van der Waals surface area contributed by atoms with Crippen LogP contribution >= 0.6 is 15.9 Å². The minimum Gasteiger partial charge on any atom is -0.481 e. The lowest BCUT2D eigenvalue weighted by atomic mass is 9.93. The molecule has 0 spiro atoms. The molecule has 18 heavy (non-hydrogen) atoms. The van der Waals surface area contributed by atoms with Gasteiger partial charge in [-0.2, -0.15) is 0 Å². The monoisotopic (exact) mass is 315 g/mol. The van der Waals surface area contributed by atoms with Gasteiger partial charge >= 0.3 is 5.97 Å². The fourth-order valence-electron chi connectivity index (χ4n) is 2.26. The summed E-state index contributed by atoms with van der Waals surface area (Å²) in [5.41, 5.74) is 0.235. The molecule has 1 saturated heterocycles. The maximum absolute atomic E-state index is 13.9. The number of amides is 1. The van der Waals surface area contributed by atoms with E-state index in [9.17, 15) is 14.0 Å². The molecule has 1 aromatic rings. The Balaban J connectivity index is 2.46. The van der Waals surface area contributed by atoms with E-state index in [1.165, 1.54) is 24.1 Å². The van der Waals surface area contributed by atoms with E-state index in [0.29, 0.717) is 4.47 Å².